The van der Waals surface area contributed by atoms with E-state index < -0.39 is 0 Å². The molecule has 0 amide bonds. The molecule has 0 aliphatic heterocycles. The zero-order valence-corrected chi connectivity index (χ0v) is 13.7. The minimum atomic E-state index is 0.348. The van der Waals surface area contributed by atoms with Crippen LogP contribution in [-0.4, -0.2) is 7.05 Å². The number of hydrogen-bond acceptors (Lipinski definition) is 2. The third-order valence-corrected chi connectivity index (χ3v) is 5.56. The van der Waals surface area contributed by atoms with Gasteiger partial charge in [0.15, 0.2) is 0 Å². The highest BCUT2D eigenvalue weighted by molar-refractivity contribution is 9.10. The number of halogens is 1. The molecule has 0 spiro atoms. The molecule has 3 aromatic rings. The summed E-state index contributed by atoms with van der Waals surface area (Å²) >= 11 is 5.45. The Kier molecular flexibility index (Phi) is 4.20. The van der Waals surface area contributed by atoms with Gasteiger partial charge in [-0.25, -0.2) is 0 Å². The van der Waals surface area contributed by atoms with Crippen molar-refractivity contribution in [2.45, 2.75) is 12.5 Å². The minimum Gasteiger partial charge on any atom is -0.313 e. The van der Waals surface area contributed by atoms with Crippen molar-refractivity contribution in [1.82, 2.24) is 5.32 Å². The van der Waals surface area contributed by atoms with Crippen LogP contribution in [0, 0.1) is 0 Å². The molecule has 1 aromatic heterocycles. The zero-order valence-electron chi connectivity index (χ0n) is 11.3. The molecular weight excluding hydrogens is 330 g/mol. The van der Waals surface area contributed by atoms with Gasteiger partial charge in [0.2, 0.25) is 0 Å². The maximum atomic E-state index is 3.64. The van der Waals surface area contributed by atoms with Gasteiger partial charge in [-0.05, 0) is 57.4 Å². The number of rotatable bonds is 4. The first-order chi connectivity index (χ1) is 9.79. The topological polar surface area (TPSA) is 12.0 Å². The fraction of sp³-hybridized carbons (Fsp3) is 0.176. The van der Waals surface area contributed by atoms with Crippen molar-refractivity contribution in [1.29, 1.82) is 0 Å². The lowest BCUT2D eigenvalue weighted by atomic mass is 9.98. The van der Waals surface area contributed by atoms with Crippen LogP contribution < -0.4 is 5.32 Å². The van der Waals surface area contributed by atoms with Crippen LogP contribution in [-0.2, 0) is 6.42 Å². The van der Waals surface area contributed by atoms with Gasteiger partial charge in [0, 0.05) is 15.2 Å². The molecule has 2 aromatic carbocycles. The van der Waals surface area contributed by atoms with E-state index in [4.69, 9.17) is 0 Å². The molecule has 0 bridgehead atoms. The number of fused-ring (bicyclic) bond motifs is 1. The highest BCUT2D eigenvalue weighted by atomic mass is 79.9. The van der Waals surface area contributed by atoms with E-state index in [2.05, 4.69) is 75.2 Å². The van der Waals surface area contributed by atoms with Crippen LogP contribution in [0.25, 0.3) is 10.1 Å². The fourth-order valence-corrected chi connectivity index (χ4v) is 4.21. The van der Waals surface area contributed by atoms with Crippen molar-refractivity contribution < 1.29 is 0 Å². The van der Waals surface area contributed by atoms with Crippen LogP contribution in [0.3, 0.4) is 0 Å². The third kappa shape index (κ3) is 2.66. The Labute approximate surface area is 131 Å². The summed E-state index contributed by atoms with van der Waals surface area (Å²) in [4.78, 5) is 0. The summed E-state index contributed by atoms with van der Waals surface area (Å²) in [5, 5.41) is 7.08. The van der Waals surface area contributed by atoms with Crippen molar-refractivity contribution in [3.8, 4) is 0 Å². The van der Waals surface area contributed by atoms with Gasteiger partial charge in [-0.3, -0.25) is 0 Å². The van der Waals surface area contributed by atoms with Gasteiger partial charge in [0.05, 0.1) is 0 Å². The van der Waals surface area contributed by atoms with Gasteiger partial charge in [0.1, 0.15) is 0 Å². The molecule has 1 N–H and O–H groups in total. The molecule has 0 aliphatic rings. The summed E-state index contributed by atoms with van der Waals surface area (Å²) in [5.41, 5.74) is 2.75. The molecular formula is C17H16BrNS. The molecule has 102 valence electrons. The average Bonchev–Trinajstić information content (AvgIpc) is 2.91. The minimum absolute atomic E-state index is 0.348. The summed E-state index contributed by atoms with van der Waals surface area (Å²) < 4.78 is 2.51. The lowest BCUT2D eigenvalue weighted by Crippen LogP contribution is -2.18. The van der Waals surface area contributed by atoms with Gasteiger partial charge in [-0.1, -0.05) is 42.5 Å². The number of likely N-dealkylation sites (N-methyl/N-ethyl adjacent to an activating group) is 1. The number of thiophene rings is 1. The van der Waals surface area contributed by atoms with Gasteiger partial charge >= 0.3 is 0 Å². The Balaban J connectivity index is 1.97. The molecule has 20 heavy (non-hydrogen) atoms. The van der Waals surface area contributed by atoms with Crippen LogP contribution in [0.15, 0.2) is 58.4 Å². The third-order valence-electron chi connectivity index (χ3n) is 3.59. The maximum absolute atomic E-state index is 3.64. The highest BCUT2D eigenvalue weighted by Crippen LogP contribution is 2.35. The first-order valence-corrected chi connectivity index (χ1v) is 8.33. The smallest absolute Gasteiger partial charge is 0.0488 e. The number of benzene rings is 2. The van der Waals surface area contributed by atoms with E-state index in [0.29, 0.717) is 6.04 Å². The molecule has 0 saturated heterocycles. The van der Waals surface area contributed by atoms with E-state index in [9.17, 15) is 0 Å². The lowest BCUT2D eigenvalue weighted by molar-refractivity contribution is 0.598. The van der Waals surface area contributed by atoms with E-state index in [1.807, 2.05) is 18.4 Å². The predicted molar refractivity (Wildman–Crippen MR) is 91.5 cm³/mol. The summed E-state index contributed by atoms with van der Waals surface area (Å²) in [6, 6.07) is 17.4. The SMILES string of the molecule is CNC(Cc1ccccc1)c1csc2c(Br)cccc12. The van der Waals surface area contributed by atoms with E-state index in [0.717, 1.165) is 6.42 Å². The van der Waals surface area contributed by atoms with Crippen LogP contribution in [0.2, 0.25) is 0 Å². The monoisotopic (exact) mass is 345 g/mol. The molecule has 1 atom stereocenters. The maximum Gasteiger partial charge on any atom is 0.0488 e. The summed E-state index contributed by atoms with van der Waals surface area (Å²) in [6.45, 7) is 0. The van der Waals surface area contributed by atoms with Crippen LogP contribution in [0.4, 0.5) is 0 Å². The molecule has 1 unspecified atom stereocenters. The second-order valence-electron chi connectivity index (χ2n) is 4.84. The Morgan fingerprint density at radius 3 is 2.65 bits per heavy atom. The second kappa shape index (κ2) is 6.08. The molecule has 1 heterocycles. The quantitative estimate of drug-likeness (QED) is 0.687. The molecule has 0 saturated carbocycles. The summed E-state index contributed by atoms with van der Waals surface area (Å²) in [5.74, 6) is 0. The Hall–Kier alpha value is -1.16. The van der Waals surface area contributed by atoms with E-state index in [1.165, 1.54) is 25.7 Å². The standard InChI is InChI=1S/C17H16BrNS/c1-19-16(10-12-6-3-2-4-7-12)14-11-20-17-13(14)8-5-9-15(17)18/h2-9,11,16,19H,10H2,1H3. The van der Waals surface area contributed by atoms with Crippen molar-refractivity contribution in [3.63, 3.8) is 0 Å². The van der Waals surface area contributed by atoms with Crippen LogP contribution in [0.1, 0.15) is 17.2 Å². The average molecular weight is 346 g/mol. The molecule has 3 heteroatoms. The molecule has 0 radical (unpaired) electrons. The molecule has 0 aliphatic carbocycles. The Morgan fingerprint density at radius 1 is 1.10 bits per heavy atom. The summed E-state index contributed by atoms with van der Waals surface area (Å²) in [6.07, 6.45) is 1.01. The first-order valence-electron chi connectivity index (χ1n) is 6.66. The van der Waals surface area contributed by atoms with Gasteiger partial charge in [-0.2, -0.15) is 0 Å². The molecule has 1 nitrogen and oxygen atoms in total. The van der Waals surface area contributed by atoms with Gasteiger partial charge < -0.3 is 5.32 Å². The number of nitrogens with one attached hydrogen (secondary N) is 1. The molecule has 3 rings (SSSR count). The van der Waals surface area contributed by atoms with Crippen molar-refractivity contribution in [2.24, 2.45) is 0 Å². The fourth-order valence-electron chi connectivity index (χ4n) is 2.53. The van der Waals surface area contributed by atoms with E-state index in [-0.39, 0.29) is 0 Å². The van der Waals surface area contributed by atoms with Crippen molar-refractivity contribution >= 4 is 37.4 Å². The van der Waals surface area contributed by atoms with Crippen molar-refractivity contribution in [3.05, 3.63) is 69.5 Å². The predicted octanol–water partition coefficient (Wildman–Crippen LogP) is 5.17. The first kappa shape index (κ1) is 13.8. The number of hydrogen-bond donors (Lipinski definition) is 1. The van der Waals surface area contributed by atoms with Crippen LogP contribution >= 0.6 is 27.3 Å². The normalized spacial score (nSPS) is 12.7. The zero-order chi connectivity index (χ0) is 13.9. The summed E-state index contributed by atoms with van der Waals surface area (Å²) in [7, 11) is 2.04. The van der Waals surface area contributed by atoms with E-state index >= 15 is 0 Å². The van der Waals surface area contributed by atoms with Gasteiger partial charge in [0.25, 0.3) is 0 Å². The van der Waals surface area contributed by atoms with Crippen molar-refractivity contribution in [2.75, 3.05) is 7.05 Å². The van der Waals surface area contributed by atoms with E-state index in [1.54, 1.807) is 0 Å². The highest BCUT2D eigenvalue weighted by Gasteiger charge is 2.15. The van der Waals surface area contributed by atoms with Crippen LogP contribution in [0.5, 0.6) is 0 Å². The largest absolute Gasteiger partial charge is 0.313 e. The second-order valence-corrected chi connectivity index (χ2v) is 6.57. The molecule has 0 fully saturated rings. The van der Waals surface area contributed by atoms with Gasteiger partial charge in [-0.15, -0.1) is 11.3 Å². The Morgan fingerprint density at radius 2 is 1.90 bits per heavy atom. The Bertz CT molecular complexity index is 705. The lowest BCUT2D eigenvalue weighted by Gasteiger charge is -2.16.